The van der Waals surface area contributed by atoms with Crippen molar-refractivity contribution in [2.45, 2.75) is 32.8 Å². The molecule has 128 valence electrons. The van der Waals surface area contributed by atoms with Crippen molar-refractivity contribution >= 4 is 22.8 Å². The number of amides is 1. The number of ether oxygens (including phenoxy) is 1. The molecule has 0 aliphatic carbocycles. The molecule has 5 heteroatoms. The van der Waals surface area contributed by atoms with Gasteiger partial charge in [0, 0.05) is 6.54 Å². The van der Waals surface area contributed by atoms with Crippen LogP contribution in [0, 0.1) is 5.92 Å². The van der Waals surface area contributed by atoms with Crippen molar-refractivity contribution in [3.8, 4) is 0 Å². The van der Waals surface area contributed by atoms with Gasteiger partial charge in [-0.05, 0) is 43.5 Å². The quantitative estimate of drug-likeness (QED) is 0.878. The largest absolute Gasteiger partial charge is 0.481 e. The first-order chi connectivity index (χ1) is 11.2. The van der Waals surface area contributed by atoms with E-state index < -0.39 is 23.6 Å². The van der Waals surface area contributed by atoms with Crippen molar-refractivity contribution in [1.29, 1.82) is 0 Å². The third-order valence-electron chi connectivity index (χ3n) is 3.54. The fourth-order valence-electron chi connectivity index (χ4n) is 2.42. The average molecular weight is 329 g/mol. The molecule has 0 aliphatic rings. The second-order valence-corrected chi connectivity index (χ2v) is 6.80. The minimum atomic E-state index is -0.945. The summed E-state index contributed by atoms with van der Waals surface area (Å²) in [7, 11) is 0. The highest BCUT2D eigenvalue weighted by molar-refractivity contribution is 5.83. The van der Waals surface area contributed by atoms with E-state index in [0.717, 1.165) is 16.3 Å². The van der Waals surface area contributed by atoms with Gasteiger partial charge in [0.2, 0.25) is 0 Å². The van der Waals surface area contributed by atoms with E-state index in [1.165, 1.54) is 0 Å². The van der Waals surface area contributed by atoms with E-state index in [1.54, 1.807) is 20.8 Å². The van der Waals surface area contributed by atoms with Crippen molar-refractivity contribution in [1.82, 2.24) is 5.32 Å². The Bertz CT molecular complexity index is 733. The van der Waals surface area contributed by atoms with Crippen LogP contribution in [-0.2, 0) is 16.0 Å². The van der Waals surface area contributed by atoms with Gasteiger partial charge in [0.15, 0.2) is 0 Å². The summed E-state index contributed by atoms with van der Waals surface area (Å²) in [6.45, 7) is 5.31. The first-order valence-electron chi connectivity index (χ1n) is 7.92. The number of carboxylic acids is 1. The predicted octanol–water partition coefficient (Wildman–Crippen LogP) is 3.61. The van der Waals surface area contributed by atoms with E-state index in [0.29, 0.717) is 6.42 Å². The molecule has 0 spiro atoms. The van der Waals surface area contributed by atoms with Crippen molar-refractivity contribution in [2.75, 3.05) is 6.54 Å². The summed E-state index contributed by atoms with van der Waals surface area (Å²) >= 11 is 0. The van der Waals surface area contributed by atoms with Crippen LogP contribution in [0.25, 0.3) is 10.8 Å². The number of alkyl carbamates (subject to hydrolysis) is 1. The molecule has 2 aromatic carbocycles. The van der Waals surface area contributed by atoms with Crippen molar-refractivity contribution in [3.63, 3.8) is 0 Å². The molecule has 0 unspecified atom stereocenters. The molecule has 5 nitrogen and oxygen atoms in total. The van der Waals surface area contributed by atoms with Crippen LogP contribution in [0.3, 0.4) is 0 Å². The molecule has 0 heterocycles. The summed E-state index contributed by atoms with van der Waals surface area (Å²) in [6, 6.07) is 13.8. The number of hydrogen-bond donors (Lipinski definition) is 2. The second-order valence-electron chi connectivity index (χ2n) is 6.80. The first-order valence-corrected chi connectivity index (χ1v) is 7.92. The molecule has 0 bridgehead atoms. The molecular formula is C19H23NO4. The van der Waals surface area contributed by atoms with Gasteiger partial charge in [0.1, 0.15) is 5.60 Å². The maximum atomic E-state index is 11.7. The molecule has 2 rings (SSSR count). The van der Waals surface area contributed by atoms with Crippen LogP contribution >= 0.6 is 0 Å². The van der Waals surface area contributed by atoms with E-state index in [-0.39, 0.29) is 6.54 Å². The van der Waals surface area contributed by atoms with Gasteiger partial charge in [0.05, 0.1) is 5.92 Å². The Hall–Kier alpha value is -2.56. The zero-order chi connectivity index (χ0) is 17.7. The molecule has 1 amide bonds. The van der Waals surface area contributed by atoms with Gasteiger partial charge in [-0.2, -0.15) is 0 Å². The first kappa shape index (κ1) is 17.8. The zero-order valence-electron chi connectivity index (χ0n) is 14.2. The molecule has 0 saturated heterocycles. The molecule has 24 heavy (non-hydrogen) atoms. The lowest BCUT2D eigenvalue weighted by atomic mass is 9.97. The van der Waals surface area contributed by atoms with E-state index in [2.05, 4.69) is 5.32 Å². The molecule has 0 radical (unpaired) electrons. The third-order valence-corrected chi connectivity index (χ3v) is 3.54. The molecule has 0 fully saturated rings. The molecule has 1 atom stereocenters. The standard InChI is InChI=1S/C19H23NO4/c1-19(2,3)24-18(23)20-12-16(17(21)22)11-13-8-9-14-6-4-5-7-15(14)10-13/h4-10,16H,11-12H2,1-3H3,(H,20,23)(H,21,22)/t16-/m0/s1. The van der Waals surface area contributed by atoms with Crippen molar-refractivity contribution in [3.05, 3.63) is 48.0 Å². The van der Waals surface area contributed by atoms with Crippen LogP contribution in [-0.4, -0.2) is 29.3 Å². The predicted molar refractivity (Wildman–Crippen MR) is 93.0 cm³/mol. The SMILES string of the molecule is CC(C)(C)OC(=O)NC[C@H](Cc1ccc2ccccc2c1)C(=O)O. The highest BCUT2D eigenvalue weighted by Gasteiger charge is 2.21. The Balaban J connectivity index is 2.02. The topological polar surface area (TPSA) is 75.6 Å². The smallest absolute Gasteiger partial charge is 0.407 e. The maximum absolute atomic E-state index is 11.7. The Morgan fingerprint density at radius 3 is 2.42 bits per heavy atom. The second kappa shape index (κ2) is 7.34. The number of carbonyl (C=O) groups is 2. The van der Waals surface area contributed by atoms with Crippen LogP contribution in [0.1, 0.15) is 26.3 Å². The van der Waals surface area contributed by atoms with Gasteiger partial charge in [-0.25, -0.2) is 4.79 Å². The number of carboxylic acid groups (broad SMARTS) is 1. The zero-order valence-corrected chi connectivity index (χ0v) is 14.2. The normalized spacial score (nSPS) is 12.6. The number of rotatable bonds is 5. The summed E-state index contributed by atoms with van der Waals surface area (Å²) in [4.78, 5) is 23.2. The lowest BCUT2D eigenvalue weighted by Gasteiger charge is -2.21. The van der Waals surface area contributed by atoms with E-state index in [9.17, 15) is 14.7 Å². The minimum absolute atomic E-state index is 0.0249. The summed E-state index contributed by atoms with van der Waals surface area (Å²) < 4.78 is 5.13. The Kier molecular flexibility index (Phi) is 5.44. The van der Waals surface area contributed by atoms with Crippen LogP contribution in [0.2, 0.25) is 0 Å². The molecule has 2 N–H and O–H groups in total. The maximum Gasteiger partial charge on any atom is 0.407 e. The van der Waals surface area contributed by atoms with Gasteiger partial charge >= 0.3 is 12.1 Å². The minimum Gasteiger partial charge on any atom is -0.481 e. The molecule has 0 aromatic heterocycles. The summed E-state index contributed by atoms with van der Waals surface area (Å²) in [5.41, 5.74) is 0.313. The Morgan fingerprint density at radius 1 is 1.12 bits per heavy atom. The highest BCUT2D eigenvalue weighted by atomic mass is 16.6. The van der Waals surface area contributed by atoms with Crippen LogP contribution in [0.5, 0.6) is 0 Å². The number of aliphatic carboxylic acids is 1. The summed E-state index contributed by atoms with van der Waals surface area (Å²) in [6.07, 6.45) is -0.261. The summed E-state index contributed by atoms with van der Waals surface area (Å²) in [5, 5.41) is 14.1. The van der Waals surface area contributed by atoms with Gasteiger partial charge in [-0.3, -0.25) is 4.79 Å². The van der Waals surface area contributed by atoms with Gasteiger partial charge in [0.25, 0.3) is 0 Å². The van der Waals surface area contributed by atoms with Crippen LogP contribution < -0.4 is 5.32 Å². The Morgan fingerprint density at radius 2 is 1.79 bits per heavy atom. The average Bonchev–Trinajstić information content (AvgIpc) is 2.49. The van der Waals surface area contributed by atoms with E-state index in [1.807, 2.05) is 42.5 Å². The Labute approximate surface area is 141 Å². The van der Waals surface area contributed by atoms with Crippen molar-refractivity contribution < 1.29 is 19.4 Å². The molecule has 0 aliphatic heterocycles. The fourth-order valence-corrected chi connectivity index (χ4v) is 2.42. The molecule has 0 saturated carbocycles. The van der Waals surface area contributed by atoms with E-state index in [4.69, 9.17) is 4.74 Å². The number of nitrogens with one attached hydrogen (secondary N) is 1. The van der Waals surface area contributed by atoms with E-state index >= 15 is 0 Å². The number of carbonyl (C=O) groups excluding carboxylic acids is 1. The van der Waals surface area contributed by atoms with Gasteiger partial charge in [-0.15, -0.1) is 0 Å². The highest BCUT2D eigenvalue weighted by Crippen LogP contribution is 2.18. The number of benzene rings is 2. The molecule has 2 aromatic rings. The molecular weight excluding hydrogens is 306 g/mol. The lowest BCUT2D eigenvalue weighted by molar-refractivity contribution is -0.141. The van der Waals surface area contributed by atoms with Gasteiger partial charge in [-0.1, -0.05) is 42.5 Å². The number of fused-ring (bicyclic) bond motifs is 1. The van der Waals surface area contributed by atoms with Crippen LogP contribution in [0.4, 0.5) is 4.79 Å². The number of hydrogen-bond acceptors (Lipinski definition) is 3. The third kappa shape index (κ3) is 5.26. The summed E-state index contributed by atoms with van der Waals surface area (Å²) in [5.74, 6) is -1.65. The fraction of sp³-hybridized carbons (Fsp3) is 0.368. The monoisotopic (exact) mass is 329 g/mol. The van der Waals surface area contributed by atoms with Crippen LogP contribution in [0.15, 0.2) is 42.5 Å². The lowest BCUT2D eigenvalue weighted by Crippen LogP contribution is -2.37. The van der Waals surface area contributed by atoms with Crippen molar-refractivity contribution in [2.24, 2.45) is 5.92 Å². The van der Waals surface area contributed by atoms with Gasteiger partial charge < -0.3 is 15.2 Å².